The van der Waals surface area contributed by atoms with Crippen LogP contribution in [0.4, 0.5) is 0 Å². The van der Waals surface area contributed by atoms with Crippen molar-refractivity contribution < 1.29 is 9.53 Å². The van der Waals surface area contributed by atoms with E-state index in [0.29, 0.717) is 18.6 Å². The normalized spacial score (nSPS) is 23.6. The zero-order valence-corrected chi connectivity index (χ0v) is 12.0. The summed E-state index contributed by atoms with van der Waals surface area (Å²) in [6, 6.07) is 0.862. The fourth-order valence-corrected chi connectivity index (χ4v) is 3.02. The third-order valence-corrected chi connectivity index (χ3v) is 4.24. The number of hydrogen-bond acceptors (Lipinski definition) is 3. The highest BCUT2D eigenvalue weighted by molar-refractivity contribution is 5.78. The Balaban J connectivity index is 1.61. The maximum Gasteiger partial charge on any atom is 0.234 e. The zero-order chi connectivity index (χ0) is 13.3. The van der Waals surface area contributed by atoms with Crippen LogP contribution in [0.2, 0.25) is 0 Å². The lowest BCUT2D eigenvalue weighted by Crippen LogP contribution is -2.45. The van der Waals surface area contributed by atoms with Crippen LogP contribution in [-0.4, -0.2) is 37.7 Å². The van der Waals surface area contributed by atoms with Gasteiger partial charge in [-0.05, 0) is 25.7 Å². The number of carbonyl (C=O) groups excluding carboxylic acids is 1. The van der Waals surface area contributed by atoms with Crippen molar-refractivity contribution in [3.8, 4) is 0 Å². The number of rotatable bonds is 4. The molecular formula is C15H28N2O2. The highest BCUT2D eigenvalue weighted by Crippen LogP contribution is 2.16. The smallest absolute Gasteiger partial charge is 0.234 e. The first-order valence-electron chi connectivity index (χ1n) is 7.95. The van der Waals surface area contributed by atoms with Crippen LogP contribution in [0, 0.1) is 0 Å². The molecule has 1 heterocycles. The molecule has 19 heavy (non-hydrogen) atoms. The van der Waals surface area contributed by atoms with E-state index < -0.39 is 0 Å². The van der Waals surface area contributed by atoms with Crippen molar-refractivity contribution in [2.24, 2.45) is 0 Å². The van der Waals surface area contributed by atoms with Gasteiger partial charge in [-0.25, -0.2) is 0 Å². The van der Waals surface area contributed by atoms with Gasteiger partial charge in [0, 0.05) is 25.3 Å². The van der Waals surface area contributed by atoms with Gasteiger partial charge >= 0.3 is 0 Å². The van der Waals surface area contributed by atoms with E-state index in [0.717, 1.165) is 26.1 Å². The van der Waals surface area contributed by atoms with Gasteiger partial charge in [0.15, 0.2) is 0 Å². The number of amides is 1. The lowest BCUT2D eigenvalue weighted by atomic mass is 9.97. The molecule has 0 bridgehead atoms. The highest BCUT2D eigenvalue weighted by Gasteiger charge is 2.17. The van der Waals surface area contributed by atoms with Crippen molar-refractivity contribution in [1.82, 2.24) is 10.6 Å². The Hall–Kier alpha value is -0.610. The molecule has 2 N–H and O–H groups in total. The van der Waals surface area contributed by atoms with Crippen LogP contribution in [0.25, 0.3) is 0 Å². The van der Waals surface area contributed by atoms with Gasteiger partial charge in [-0.3, -0.25) is 4.79 Å². The quantitative estimate of drug-likeness (QED) is 0.820. The predicted octanol–water partition coefficient (Wildman–Crippen LogP) is 1.98. The molecule has 4 nitrogen and oxygen atoms in total. The summed E-state index contributed by atoms with van der Waals surface area (Å²) in [5.74, 6) is 0.147. The summed E-state index contributed by atoms with van der Waals surface area (Å²) >= 11 is 0. The standard InChI is InChI=1S/C15H28N2O2/c18-15(17-14-8-10-19-11-9-14)12-16-13-6-4-2-1-3-5-7-13/h13-14,16H,1-12H2,(H,17,18). The average Bonchev–Trinajstić information content (AvgIpc) is 2.38. The van der Waals surface area contributed by atoms with Crippen molar-refractivity contribution >= 4 is 5.91 Å². The second kappa shape index (κ2) is 8.54. The van der Waals surface area contributed by atoms with Crippen LogP contribution in [0.1, 0.15) is 57.8 Å². The number of carbonyl (C=O) groups is 1. The highest BCUT2D eigenvalue weighted by atomic mass is 16.5. The summed E-state index contributed by atoms with van der Waals surface area (Å²) in [4.78, 5) is 11.9. The molecule has 2 rings (SSSR count). The van der Waals surface area contributed by atoms with Crippen LogP contribution < -0.4 is 10.6 Å². The lowest BCUT2D eigenvalue weighted by Gasteiger charge is -2.24. The Kier molecular flexibility index (Phi) is 6.65. The van der Waals surface area contributed by atoms with Gasteiger partial charge < -0.3 is 15.4 Å². The molecule has 1 aliphatic heterocycles. The van der Waals surface area contributed by atoms with Crippen molar-refractivity contribution in [3.63, 3.8) is 0 Å². The molecule has 1 saturated carbocycles. The van der Waals surface area contributed by atoms with Crippen LogP contribution in [0.5, 0.6) is 0 Å². The molecule has 0 unspecified atom stereocenters. The molecule has 0 aromatic rings. The Morgan fingerprint density at radius 3 is 2.21 bits per heavy atom. The van der Waals surface area contributed by atoms with Crippen LogP contribution in [0.15, 0.2) is 0 Å². The second-order valence-electron chi connectivity index (χ2n) is 5.88. The SMILES string of the molecule is O=C(CNC1CCCCCCC1)NC1CCOCC1. The molecular weight excluding hydrogens is 240 g/mol. The molecule has 1 amide bonds. The molecule has 2 aliphatic rings. The molecule has 0 aromatic heterocycles. The van der Waals surface area contributed by atoms with E-state index in [4.69, 9.17) is 4.74 Å². The first-order valence-corrected chi connectivity index (χ1v) is 7.95. The van der Waals surface area contributed by atoms with E-state index in [2.05, 4.69) is 10.6 Å². The maximum atomic E-state index is 11.9. The first kappa shape index (κ1) is 14.8. The third-order valence-electron chi connectivity index (χ3n) is 4.24. The molecule has 0 radical (unpaired) electrons. The monoisotopic (exact) mass is 268 g/mol. The number of nitrogens with one attached hydrogen (secondary N) is 2. The van der Waals surface area contributed by atoms with Crippen molar-refractivity contribution in [2.45, 2.75) is 69.9 Å². The van der Waals surface area contributed by atoms with E-state index >= 15 is 0 Å². The Bertz CT molecular complexity index is 257. The lowest BCUT2D eigenvalue weighted by molar-refractivity contribution is -0.121. The fraction of sp³-hybridized carbons (Fsp3) is 0.933. The van der Waals surface area contributed by atoms with E-state index in [1.54, 1.807) is 0 Å². The molecule has 110 valence electrons. The molecule has 0 aromatic carbocycles. The number of ether oxygens (including phenoxy) is 1. The Morgan fingerprint density at radius 1 is 0.895 bits per heavy atom. The number of hydrogen-bond donors (Lipinski definition) is 2. The van der Waals surface area contributed by atoms with Gasteiger partial charge in [-0.2, -0.15) is 0 Å². The topological polar surface area (TPSA) is 50.4 Å². The molecule has 1 saturated heterocycles. The van der Waals surface area contributed by atoms with E-state index in [1.165, 1.54) is 44.9 Å². The average molecular weight is 268 g/mol. The largest absolute Gasteiger partial charge is 0.381 e. The third kappa shape index (κ3) is 5.91. The minimum atomic E-state index is 0.147. The second-order valence-corrected chi connectivity index (χ2v) is 5.88. The minimum Gasteiger partial charge on any atom is -0.381 e. The fourth-order valence-electron chi connectivity index (χ4n) is 3.02. The Morgan fingerprint density at radius 2 is 1.53 bits per heavy atom. The van der Waals surface area contributed by atoms with E-state index in [-0.39, 0.29) is 5.91 Å². The summed E-state index contributed by atoms with van der Waals surface area (Å²) < 4.78 is 5.30. The van der Waals surface area contributed by atoms with Crippen LogP contribution >= 0.6 is 0 Å². The van der Waals surface area contributed by atoms with Gasteiger partial charge in [0.1, 0.15) is 0 Å². The van der Waals surface area contributed by atoms with E-state index in [1.807, 2.05) is 0 Å². The summed E-state index contributed by atoms with van der Waals surface area (Å²) in [6.45, 7) is 2.03. The summed E-state index contributed by atoms with van der Waals surface area (Å²) in [5, 5.41) is 6.54. The molecule has 0 atom stereocenters. The van der Waals surface area contributed by atoms with Gasteiger partial charge in [-0.15, -0.1) is 0 Å². The van der Waals surface area contributed by atoms with E-state index in [9.17, 15) is 4.79 Å². The molecule has 1 aliphatic carbocycles. The molecule has 4 heteroatoms. The summed E-state index contributed by atoms with van der Waals surface area (Å²) in [7, 11) is 0. The maximum absolute atomic E-state index is 11.9. The summed E-state index contributed by atoms with van der Waals surface area (Å²) in [6.07, 6.45) is 11.1. The first-order chi connectivity index (χ1) is 9.34. The van der Waals surface area contributed by atoms with Crippen molar-refractivity contribution in [1.29, 1.82) is 0 Å². The van der Waals surface area contributed by atoms with Crippen molar-refractivity contribution in [2.75, 3.05) is 19.8 Å². The minimum absolute atomic E-state index is 0.147. The van der Waals surface area contributed by atoms with Crippen LogP contribution in [0.3, 0.4) is 0 Å². The van der Waals surface area contributed by atoms with Gasteiger partial charge in [0.25, 0.3) is 0 Å². The van der Waals surface area contributed by atoms with Gasteiger partial charge in [0.05, 0.1) is 6.54 Å². The molecule has 0 spiro atoms. The summed E-state index contributed by atoms with van der Waals surface area (Å²) in [5.41, 5.74) is 0. The van der Waals surface area contributed by atoms with Gasteiger partial charge in [0.2, 0.25) is 5.91 Å². The van der Waals surface area contributed by atoms with Crippen molar-refractivity contribution in [3.05, 3.63) is 0 Å². The van der Waals surface area contributed by atoms with Gasteiger partial charge in [-0.1, -0.05) is 32.1 Å². The Labute approximate surface area is 116 Å². The van der Waals surface area contributed by atoms with Crippen LogP contribution in [-0.2, 0) is 9.53 Å². The molecule has 2 fully saturated rings. The zero-order valence-electron chi connectivity index (χ0n) is 12.0. The predicted molar refractivity (Wildman–Crippen MR) is 76.1 cm³/mol.